The third-order valence-electron chi connectivity index (χ3n) is 3.96. The molecule has 1 aromatic rings. The molecule has 2 unspecified atom stereocenters. The predicted octanol–water partition coefficient (Wildman–Crippen LogP) is 3.63. The summed E-state index contributed by atoms with van der Waals surface area (Å²) in [7, 11) is 1.90. The fourth-order valence-electron chi connectivity index (χ4n) is 2.65. The summed E-state index contributed by atoms with van der Waals surface area (Å²) in [6, 6.07) is 2.56. The van der Waals surface area contributed by atoms with E-state index in [4.69, 9.17) is 0 Å². The summed E-state index contributed by atoms with van der Waals surface area (Å²) in [6.45, 7) is 6.59. The number of hydrogen-bond acceptors (Lipinski definition) is 4. The standard InChI is InChI=1S/C15H26N4/c1-10(2)15-18-13(16-4)9-14(19-15)17-12-8-6-5-7-11(12)3/h9-12H,5-8H2,1-4H3,(H2,16,17,18,19). The molecule has 1 aliphatic rings. The minimum atomic E-state index is 0.345. The van der Waals surface area contributed by atoms with Crippen LogP contribution in [0.4, 0.5) is 11.6 Å². The van der Waals surface area contributed by atoms with Crippen LogP contribution in [0.25, 0.3) is 0 Å². The summed E-state index contributed by atoms with van der Waals surface area (Å²) in [5.41, 5.74) is 0. The zero-order valence-electron chi connectivity index (χ0n) is 12.5. The highest BCUT2D eigenvalue weighted by atomic mass is 15.1. The molecule has 1 aliphatic carbocycles. The highest BCUT2D eigenvalue weighted by molar-refractivity contribution is 5.48. The minimum absolute atomic E-state index is 0.345. The third-order valence-corrected chi connectivity index (χ3v) is 3.96. The van der Waals surface area contributed by atoms with Crippen molar-refractivity contribution in [2.24, 2.45) is 5.92 Å². The number of hydrogen-bond donors (Lipinski definition) is 2. The van der Waals surface area contributed by atoms with Crippen molar-refractivity contribution >= 4 is 11.6 Å². The predicted molar refractivity (Wildman–Crippen MR) is 80.7 cm³/mol. The van der Waals surface area contributed by atoms with Crippen LogP contribution in [0.3, 0.4) is 0 Å². The highest BCUT2D eigenvalue weighted by Crippen LogP contribution is 2.27. The lowest BCUT2D eigenvalue weighted by Gasteiger charge is -2.30. The van der Waals surface area contributed by atoms with Crippen molar-refractivity contribution in [1.82, 2.24) is 9.97 Å². The second kappa shape index (κ2) is 6.22. The molecule has 1 saturated carbocycles. The molecule has 106 valence electrons. The molecule has 4 heteroatoms. The van der Waals surface area contributed by atoms with Gasteiger partial charge in [-0.2, -0.15) is 0 Å². The average molecular weight is 262 g/mol. The summed E-state index contributed by atoms with van der Waals surface area (Å²) in [4.78, 5) is 9.15. The largest absolute Gasteiger partial charge is 0.373 e. The van der Waals surface area contributed by atoms with E-state index in [1.165, 1.54) is 25.7 Å². The Kier molecular flexibility index (Phi) is 4.61. The minimum Gasteiger partial charge on any atom is -0.373 e. The second-order valence-corrected chi connectivity index (χ2v) is 5.91. The van der Waals surface area contributed by atoms with E-state index in [1.807, 2.05) is 13.1 Å². The third kappa shape index (κ3) is 3.58. The molecule has 0 radical (unpaired) electrons. The summed E-state index contributed by atoms with van der Waals surface area (Å²) in [5.74, 6) is 3.83. The Hall–Kier alpha value is -1.32. The van der Waals surface area contributed by atoms with Crippen LogP contribution < -0.4 is 10.6 Å². The van der Waals surface area contributed by atoms with Gasteiger partial charge in [-0.1, -0.05) is 33.6 Å². The van der Waals surface area contributed by atoms with Crippen molar-refractivity contribution in [3.05, 3.63) is 11.9 Å². The maximum absolute atomic E-state index is 4.65. The van der Waals surface area contributed by atoms with Crippen molar-refractivity contribution in [2.45, 2.75) is 58.4 Å². The van der Waals surface area contributed by atoms with Crippen LogP contribution in [-0.2, 0) is 0 Å². The Morgan fingerprint density at radius 1 is 1.16 bits per heavy atom. The number of rotatable bonds is 4. The van der Waals surface area contributed by atoms with Crippen LogP contribution in [0.2, 0.25) is 0 Å². The molecular formula is C15H26N4. The number of nitrogens with one attached hydrogen (secondary N) is 2. The van der Waals surface area contributed by atoms with Crippen molar-refractivity contribution in [3.8, 4) is 0 Å². The van der Waals surface area contributed by atoms with Crippen molar-refractivity contribution in [3.63, 3.8) is 0 Å². The van der Waals surface area contributed by atoms with E-state index < -0.39 is 0 Å². The van der Waals surface area contributed by atoms with E-state index in [2.05, 4.69) is 41.4 Å². The van der Waals surface area contributed by atoms with Gasteiger partial charge in [0.15, 0.2) is 0 Å². The van der Waals surface area contributed by atoms with Crippen molar-refractivity contribution in [1.29, 1.82) is 0 Å². The zero-order chi connectivity index (χ0) is 13.8. The van der Waals surface area contributed by atoms with Crippen LogP contribution >= 0.6 is 0 Å². The van der Waals surface area contributed by atoms with Gasteiger partial charge < -0.3 is 10.6 Å². The lowest BCUT2D eigenvalue weighted by atomic mass is 9.86. The molecule has 0 aliphatic heterocycles. The van der Waals surface area contributed by atoms with Gasteiger partial charge in [0.2, 0.25) is 0 Å². The summed E-state index contributed by atoms with van der Waals surface area (Å²) in [6.07, 6.45) is 5.25. The molecule has 0 saturated heterocycles. The topological polar surface area (TPSA) is 49.8 Å². The van der Waals surface area contributed by atoms with Gasteiger partial charge >= 0.3 is 0 Å². The molecule has 0 amide bonds. The Balaban J connectivity index is 2.16. The Bertz CT molecular complexity index is 417. The molecule has 1 heterocycles. The smallest absolute Gasteiger partial charge is 0.135 e. The molecule has 2 atom stereocenters. The summed E-state index contributed by atoms with van der Waals surface area (Å²) in [5, 5.41) is 6.73. The first-order valence-electron chi connectivity index (χ1n) is 7.43. The molecular weight excluding hydrogens is 236 g/mol. The SMILES string of the molecule is CNc1cc(NC2CCCCC2C)nc(C(C)C)n1. The van der Waals surface area contributed by atoms with Crippen molar-refractivity contribution < 1.29 is 0 Å². The molecule has 0 spiro atoms. The first kappa shape index (κ1) is 14.1. The van der Waals surface area contributed by atoms with Gasteiger partial charge in [-0.25, -0.2) is 9.97 Å². The Morgan fingerprint density at radius 3 is 2.47 bits per heavy atom. The van der Waals surface area contributed by atoms with E-state index in [0.29, 0.717) is 12.0 Å². The summed E-state index contributed by atoms with van der Waals surface area (Å²) < 4.78 is 0. The van der Waals surface area contributed by atoms with Gasteiger partial charge in [-0.15, -0.1) is 0 Å². The Morgan fingerprint density at radius 2 is 1.84 bits per heavy atom. The van der Waals surface area contributed by atoms with Crippen LogP contribution in [0.15, 0.2) is 6.07 Å². The molecule has 0 bridgehead atoms. The quantitative estimate of drug-likeness (QED) is 0.870. The van der Waals surface area contributed by atoms with Gasteiger partial charge in [-0.3, -0.25) is 0 Å². The number of nitrogens with zero attached hydrogens (tertiary/aromatic N) is 2. The molecule has 4 nitrogen and oxygen atoms in total. The second-order valence-electron chi connectivity index (χ2n) is 5.91. The maximum atomic E-state index is 4.65. The highest BCUT2D eigenvalue weighted by Gasteiger charge is 2.21. The lowest BCUT2D eigenvalue weighted by molar-refractivity contribution is 0.349. The van der Waals surface area contributed by atoms with Crippen LogP contribution in [0.1, 0.15) is 58.2 Å². The molecule has 1 fully saturated rings. The summed E-state index contributed by atoms with van der Waals surface area (Å²) >= 11 is 0. The maximum Gasteiger partial charge on any atom is 0.135 e. The first-order chi connectivity index (χ1) is 9.10. The fraction of sp³-hybridized carbons (Fsp3) is 0.733. The van der Waals surface area contributed by atoms with Crippen LogP contribution in [-0.4, -0.2) is 23.1 Å². The molecule has 2 N–H and O–H groups in total. The zero-order valence-corrected chi connectivity index (χ0v) is 12.5. The van der Waals surface area contributed by atoms with E-state index in [9.17, 15) is 0 Å². The van der Waals surface area contributed by atoms with Gasteiger partial charge in [0, 0.05) is 25.1 Å². The number of aromatic nitrogens is 2. The number of anilines is 2. The van der Waals surface area contributed by atoms with Gasteiger partial charge in [-0.05, 0) is 18.8 Å². The Labute approximate surface area is 116 Å². The van der Waals surface area contributed by atoms with Gasteiger partial charge in [0.05, 0.1) is 0 Å². The van der Waals surface area contributed by atoms with E-state index >= 15 is 0 Å². The van der Waals surface area contributed by atoms with E-state index in [0.717, 1.165) is 23.4 Å². The fourth-order valence-corrected chi connectivity index (χ4v) is 2.65. The van der Waals surface area contributed by atoms with Crippen LogP contribution in [0, 0.1) is 5.92 Å². The van der Waals surface area contributed by atoms with Gasteiger partial charge in [0.1, 0.15) is 17.5 Å². The molecule has 1 aromatic heterocycles. The lowest BCUT2D eigenvalue weighted by Crippen LogP contribution is -2.30. The van der Waals surface area contributed by atoms with Crippen LogP contribution in [0.5, 0.6) is 0 Å². The normalized spacial score (nSPS) is 23.4. The van der Waals surface area contributed by atoms with E-state index in [1.54, 1.807) is 0 Å². The molecule has 2 rings (SSSR count). The molecule has 0 aromatic carbocycles. The van der Waals surface area contributed by atoms with E-state index in [-0.39, 0.29) is 0 Å². The molecule has 19 heavy (non-hydrogen) atoms. The first-order valence-corrected chi connectivity index (χ1v) is 7.43. The van der Waals surface area contributed by atoms with Gasteiger partial charge in [0.25, 0.3) is 0 Å². The average Bonchev–Trinajstić information content (AvgIpc) is 2.41. The van der Waals surface area contributed by atoms with Crippen molar-refractivity contribution in [2.75, 3.05) is 17.7 Å². The monoisotopic (exact) mass is 262 g/mol.